The Morgan fingerprint density at radius 1 is 1.03 bits per heavy atom. The van der Waals surface area contributed by atoms with E-state index in [1.807, 2.05) is 37.3 Å². The van der Waals surface area contributed by atoms with Crippen molar-refractivity contribution in [3.8, 4) is 5.75 Å². The second-order valence-corrected chi connectivity index (χ2v) is 7.43. The fourth-order valence-corrected chi connectivity index (χ4v) is 3.81. The highest BCUT2D eigenvalue weighted by atomic mass is 16.5. The van der Waals surface area contributed by atoms with Crippen LogP contribution < -0.4 is 4.74 Å². The number of ketones is 1. The molecule has 2 aromatic carbocycles. The molecule has 0 spiro atoms. The zero-order valence-electron chi connectivity index (χ0n) is 16.9. The number of hydrogen-bond acceptors (Lipinski definition) is 4. The Kier molecular flexibility index (Phi) is 5.27. The van der Waals surface area contributed by atoms with Crippen LogP contribution in [0.1, 0.15) is 27.8 Å². The van der Waals surface area contributed by atoms with Crippen LogP contribution in [0.3, 0.4) is 0 Å². The Hall–Kier alpha value is -3.61. The lowest BCUT2D eigenvalue weighted by molar-refractivity contribution is -0.130. The summed E-state index contributed by atoms with van der Waals surface area (Å²) in [6.07, 6.45) is 0. The fraction of sp³-hybridized carbons (Fsp3) is 0.261. The number of nitrogens with one attached hydrogen (secondary N) is 1. The number of hydrogen-bond donors (Lipinski definition) is 1. The van der Waals surface area contributed by atoms with Crippen LogP contribution in [0.25, 0.3) is 10.9 Å². The fourth-order valence-electron chi connectivity index (χ4n) is 3.81. The minimum absolute atomic E-state index is 0.0644. The maximum atomic E-state index is 12.9. The van der Waals surface area contributed by atoms with Crippen molar-refractivity contribution in [3.63, 3.8) is 0 Å². The van der Waals surface area contributed by atoms with Gasteiger partial charge in [-0.1, -0.05) is 18.2 Å². The highest BCUT2D eigenvalue weighted by molar-refractivity contribution is 6.42. The van der Waals surface area contributed by atoms with E-state index in [0.29, 0.717) is 30.9 Å². The van der Waals surface area contributed by atoms with Crippen molar-refractivity contribution >= 4 is 28.5 Å². The van der Waals surface area contributed by atoms with Gasteiger partial charge in [-0.3, -0.25) is 14.4 Å². The summed E-state index contributed by atoms with van der Waals surface area (Å²) in [6.45, 7) is 2.95. The summed E-state index contributed by atoms with van der Waals surface area (Å²) >= 11 is 0. The molecule has 1 aliphatic rings. The second kappa shape index (κ2) is 8.02. The number of benzene rings is 2. The monoisotopic (exact) mass is 405 g/mol. The number of piperazine rings is 1. The first kappa shape index (κ1) is 19.7. The molecule has 1 fully saturated rings. The number of amides is 2. The average molecular weight is 405 g/mol. The highest BCUT2D eigenvalue weighted by Gasteiger charge is 2.33. The third-order valence-electron chi connectivity index (χ3n) is 5.46. The largest absolute Gasteiger partial charge is 0.497 e. The minimum atomic E-state index is -0.583. The Morgan fingerprint density at radius 2 is 1.80 bits per heavy atom. The molecule has 4 rings (SSSR count). The molecule has 1 atom stereocenters. The SMILES string of the molecule is COc1ccc2[nH]c(C(=O)C(=O)N3CCN(C(=O)c4ccccc4)CC3C)cc2c1. The Morgan fingerprint density at radius 3 is 2.50 bits per heavy atom. The van der Waals surface area contributed by atoms with E-state index in [0.717, 1.165) is 10.9 Å². The molecule has 30 heavy (non-hydrogen) atoms. The van der Waals surface area contributed by atoms with Gasteiger partial charge in [0.05, 0.1) is 12.8 Å². The maximum absolute atomic E-state index is 12.9. The average Bonchev–Trinajstić information content (AvgIpc) is 3.21. The van der Waals surface area contributed by atoms with Gasteiger partial charge in [0.25, 0.3) is 17.6 Å². The molecule has 0 bridgehead atoms. The number of fused-ring (bicyclic) bond motifs is 1. The molecular weight excluding hydrogens is 382 g/mol. The van der Waals surface area contributed by atoms with Gasteiger partial charge in [0.15, 0.2) is 0 Å². The third kappa shape index (κ3) is 3.66. The highest BCUT2D eigenvalue weighted by Crippen LogP contribution is 2.22. The second-order valence-electron chi connectivity index (χ2n) is 7.43. The van der Waals surface area contributed by atoms with Gasteiger partial charge in [0.2, 0.25) is 0 Å². The van der Waals surface area contributed by atoms with Gasteiger partial charge in [0, 0.05) is 42.1 Å². The van der Waals surface area contributed by atoms with E-state index in [1.54, 1.807) is 41.2 Å². The van der Waals surface area contributed by atoms with Gasteiger partial charge < -0.3 is 19.5 Å². The summed E-state index contributed by atoms with van der Waals surface area (Å²) in [5.74, 6) is -0.530. The van der Waals surface area contributed by atoms with Crippen LogP contribution in [0.15, 0.2) is 54.6 Å². The van der Waals surface area contributed by atoms with Crippen LogP contribution >= 0.6 is 0 Å². The standard InChI is InChI=1S/C23H23N3O4/c1-15-14-25(22(28)16-6-4-3-5-7-16)10-11-26(15)23(29)21(27)20-13-17-12-18(30-2)8-9-19(17)24-20/h3-9,12-13,15,24H,10-11,14H2,1-2H3. The van der Waals surface area contributed by atoms with E-state index < -0.39 is 11.7 Å². The summed E-state index contributed by atoms with van der Waals surface area (Å²) in [5, 5.41) is 0.803. The van der Waals surface area contributed by atoms with Crippen molar-refractivity contribution in [2.75, 3.05) is 26.7 Å². The van der Waals surface area contributed by atoms with E-state index >= 15 is 0 Å². The Bertz CT molecular complexity index is 1110. The van der Waals surface area contributed by atoms with Crippen molar-refractivity contribution < 1.29 is 19.1 Å². The normalized spacial score (nSPS) is 16.5. The molecule has 0 saturated carbocycles. The van der Waals surface area contributed by atoms with Gasteiger partial charge in [-0.15, -0.1) is 0 Å². The molecule has 1 aromatic heterocycles. The Balaban J connectivity index is 1.46. The van der Waals surface area contributed by atoms with Gasteiger partial charge in [-0.25, -0.2) is 0 Å². The molecule has 2 amide bonds. The van der Waals surface area contributed by atoms with Crippen molar-refractivity contribution in [2.45, 2.75) is 13.0 Å². The first-order chi connectivity index (χ1) is 14.5. The number of rotatable bonds is 4. The lowest BCUT2D eigenvalue weighted by Gasteiger charge is -2.39. The molecular formula is C23H23N3O4. The first-order valence-corrected chi connectivity index (χ1v) is 9.84. The van der Waals surface area contributed by atoms with Crippen molar-refractivity contribution in [1.29, 1.82) is 0 Å². The predicted octanol–water partition coefficient (Wildman–Crippen LogP) is 2.73. The summed E-state index contributed by atoms with van der Waals surface area (Å²) in [6, 6.07) is 15.9. The summed E-state index contributed by atoms with van der Waals surface area (Å²) in [5.41, 5.74) is 1.63. The topological polar surface area (TPSA) is 82.7 Å². The van der Waals surface area contributed by atoms with Crippen LogP contribution in [-0.2, 0) is 4.79 Å². The molecule has 1 unspecified atom stereocenters. The van der Waals surface area contributed by atoms with E-state index in [1.165, 1.54) is 0 Å². The van der Waals surface area contributed by atoms with Gasteiger partial charge >= 0.3 is 0 Å². The van der Waals surface area contributed by atoms with E-state index in [-0.39, 0.29) is 17.6 Å². The van der Waals surface area contributed by atoms with Crippen molar-refractivity contribution in [3.05, 3.63) is 65.9 Å². The first-order valence-electron chi connectivity index (χ1n) is 9.84. The number of methoxy groups -OCH3 is 1. The zero-order chi connectivity index (χ0) is 21.3. The zero-order valence-corrected chi connectivity index (χ0v) is 16.9. The smallest absolute Gasteiger partial charge is 0.296 e. The third-order valence-corrected chi connectivity index (χ3v) is 5.46. The van der Waals surface area contributed by atoms with Gasteiger partial charge in [-0.05, 0) is 43.3 Å². The number of Topliss-reactive ketones (excluding diaryl/α,β-unsaturated/α-hetero) is 1. The van der Waals surface area contributed by atoms with Gasteiger partial charge in [0.1, 0.15) is 5.75 Å². The van der Waals surface area contributed by atoms with Gasteiger partial charge in [-0.2, -0.15) is 0 Å². The van der Waals surface area contributed by atoms with Crippen molar-refractivity contribution in [1.82, 2.24) is 14.8 Å². The summed E-state index contributed by atoms with van der Waals surface area (Å²) < 4.78 is 5.20. The summed E-state index contributed by atoms with van der Waals surface area (Å²) in [4.78, 5) is 44.7. The van der Waals surface area contributed by atoms with E-state index in [2.05, 4.69) is 4.98 Å². The van der Waals surface area contributed by atoms with Crippen LogP contribution in [0.5, 0.6) is 5.75 Å². The number of aromatic amines is 1. The molecule has 7 nitrogen and oxygen atoms in total. The van der Waals surface area contributed by atoms with Crippen LogP contribution in [-0.4, -0.2) is 65.2 Å². The maximum Gasteiger partial charge on any atom is 0.296 e. The number of nitrogens with zero attached hydrogens (tertiary/aromatic N) is 2. The Labute approximate surface area is 174 Å². The molecule has 154 valence electrons. The number of carbonyl (C=O) groups excluding carboxylic acids is 3. The minimum Gasteiger partial charge on any atom is -0.497 e. The van der Waals surface area contributed by atoms with Crippen LogP contribution in [0.4, 0.5) is 0 Å². The quantitative estimate of drug-likeness (QED) is 0.534. The molecule has 2 heterocycles. The van der Waals surface area contributed by atoms with Crippen molar-refractivity contribution in [2.24, 2.45) is 0 Å². The molecule has 1 aliphatic heterocycles. The van der Waals surface area contributed by atoms with Crippen LogP contribution in [0.2, 0.25) is 0 Å². The lowest BCUT2D eigenvalue weighted by atomic mass is 10.1. The summed E-state index contributed by atoms with van der Waals surface area (Å²) in [7, 11) is 1.58. The molecule has 7 heteroatoms. The molecule has 1 N–H and O–H groups in total. The number of ether oxygens (including phenoxy) is 1. The molecule has 1 saturated heterocycles. The molecule has 0 aliphatic carbocycles. The number of aromatic nitrogens is 1. The van der Waals surface area contributed by atoms with E-state index in [9.17, 15) is 14.4 Å². The lowest BCUT2D eigenvalue weighted by Crippen LogP contribution is -2.56. The number of carbonyl (C=O) groups is 3. The molecule has 3 aromatic rings. The number of H-pyrrole nitrogens is 1. The van der Waals surface area contributed by atoms with E-state index in [4.69, 9.17) is 4.74 Å². The molecule has 0 radical (unpaired) electrons. The predicted molar refractivity (Wildman–Crippen MR) is 113 cm³/mol. The van der Waals surface area contributed by atoms with Crippen LogP contribution in [0, 0.1) is 0 Å².